The largest absolute Gasteiger partial charge is 0.494 e. The molecule has 1 aliphatic rings. The van der Waals surface area contributed by atoms with Crippen LogP contribution in [0.5, 0.6) is 11.5 Å². The Bertz CT molecular complexity index is 730. The summed E-state index contributed by atoms with van der Waals surface area (Å²) in [6.07, 6.45) is 0. The minimum atomic E-state index is -0.575. The van der Waals surface area contributed by atoms with Crippen molar-refractivity contribution >= 4 is 24.2 Å². The lowest BCUT2D eigenvalue weighted by Crippen LogP contribution is -2.41. The number of ether oxygens (including phenoxy) is 1. The zero-order chi connectivity index (χ0) is 17.5. The van der Waals surface area contributed by atoms with E-state index in [0.717, 1.165) is 5.46 Å². The quantitative estimate of drug-likeness (QED) is 0.760. The second-order valence-electron chi connectivity index (χ2n) is 6.81. The van der Waals surface area contributed by atoms with Crippen LogP contribution in [0.15, 0.2) is 42.5 Å². The van der Waals surface area contributed by atoms with E-state index >= 15 is 0 Å². The summed E-state index contributed by atoms with van der Waals surface area (Å²) in [6.45, 7) is 8.03. The van der Waals surface area contributed by atoms with Crippen molar-refractivity contribution in [3.8, 4) is 11.5 Å². The maximum absolute atomic E-state index is 13.9. The number of halogens is 2. The van der Waals surface area contributed by atoms with E-state index in [1.807, 2.05) is 39.8 Å². The lowest BCUT2D eigenvalue weighted by atomic mass is 9.79. The first-order chi connectivity index (χ1) is 11.2. The summed E-state index contributed by atoms with van der Waals surface area (Å²) >= 11 is 5.76. The fourth-order valence-electron chi connectivity index (χ4n) is 2.36. The van der Waals surface area contributed by atoms with Crippen molar-refractivity contribution in [2.24, 2.45) is 0 Å². The highest BCUT2D eigenvalue weighted by Gasteiger charge is 2.51. The first-order valence-corrected chi connectivity index (χ1v) is 8.15. The molecule has 3 rings (SSSR count). The molecule has 0 unspecified atom stereocenters. The predicted molar refractivity (Wildman–Crippen MR) is 93.6 cm³/mol. The van der Waals surface area contributed by atoms with Gasteiger partial charge in [-0.15, -0.1) is 0 Å². The fourth-order valence-corrected chi connectivity index (χ4v) is 2.53. The highest BCUT2D eigenvalue weighted by atomic mass is 35.5. The average molecular weight is 349 g/mol. The molecular formula is C18H19BClFO3. The Kier molecular flexibility index (Phi) is 4.37. The molecule has 1 aliphatic heterocycles. The maximum atomic E-state index is 13.9. The van der Waals surface area contributed by atoms with E-state index < -0.39 is 24.1 Å². The van der Waals surface area contributed by atoms with Gasteiger partial charge in [0.2, 0.25) is 0 Å². The Labute approximate surface area is 146 Å². The van der Waals surface area contributed by atoms with Crippen molar-refractivity contribution < 1.29 is 18.4 Å². The Morgan fingerprint density at radius 2 is 1.54 bits per heavy atom. The second kappa shape index (κ2) is 6.06. The molecule has 0 N–H and O–H groups in total. The zero-order valence-corrected chi connectivity index (χ0v) is 14.9. The zero-order valence-electron chi connectivity index (χ0n) is 14.1. The number of hydrogen-bond donors (Lipinski definition) is 0. The highest BCUT2D eigenvalue weighted by Crippen LogP contribution is 2.36. The molecule has 0 aromatic heterocycles. The molecule has 24 heavy (non-hydrogen) atoms. The van der Waals surface area contributed by atoms with Gasteiger partial charge in [0, 0.05) is 0 Å². The molecule has 0 bridgehead atoms. The lowest BCUT2D eigenvalue weighted by molar-refractivity contribution is 0.00578. The molecule has 2 aromatic rings. The lowest BCUT2D eigenvalue weighted by Gasteiger charge is -2.32. The van der Waals surface area contributed by atoms with Crippen LogP contribution >= 0.6 is 11.6 Å². The summed E-state index contributed by atoms with van der Waals surface area (Å²) in [5.41, 5.74) is 0.0978. The maximum Gasteiger partial charge on any atom is 0.494 e. The van der Waals surface area contributed by atoms with Gasteiger partial charge in [0.05, 0.1) is 16.2 Å². The molecule has 3 nitrogen and oxygen atoms in total. The molecule has 126 valence electrons. The van der Waals surface area contributed by atoms with E-state index in [0.29, 0.717) is 5.75 Å². The second-order valence-corrected chi connectivity index (χ2v) is 7.22. The Hall–Kier alpha value is -1.56. The number of hydrogen-bond acceptors (Lipinski definition) is 3. The molecule has 1 heterocycles. The number of benzene rings is 2. The third-order valence-electron chi connectivity index (χ3n) is 4.55. The summed E-state index contributed by atoms with van der Waals surface area (Å²) in [7, 11) is -0.438. The smallest absolute Gasteiger partial charge is 0.454 e. The topological polar surface area (TPSA) is 27.7 Å². The van der Waals surface area contributed by atoms with Gasteiger partial charge in [-0.2, -0.15) is 0 Å². The predicted octanol–water partition coefficient (Wildman–Crippen LogP) is 4.57. The normalized spacial score (nSPS) is 18.7. The van der Waals surface area contributed by atoms with Crippen molar-refractivity contribution in [3.05, 3.63) is 53.3 Å². The van der Waals surface area contributed by atoms with Gasteiger partial charge in [-0.3, -0.25) is 0 Å². The third-order valence-corrected chi connectivity index (χ3v) is 4.84. The van der Waals surface area contributed by atoms with E-state index in [9.17, 15) is 4.39 Å². The van der Waals surface area contributed by atoms with Crippen LogP contribution in [0.2, 0.25) is 5.02 Å². The molecule has 0 radical (unpaired) electrons. The van der Waals surface area contributed by atoms with E-state index in [-0.39, 0.29) is 10.8 Å². The first-order valence-electron chi connectivity index (χ1n) is 7.77. The van der Waals surface area contributed by atoms with Gasteiger partial charge in [0.15, 0.2) is 11.6 Å². The minimum absolute atomic E-state index is 0.0290. The molecular weight excluding hydrogens is 329 g/mol. The Morgan fingerprint density at radius 1 is 0.958 bits per heavy atom. The van der Waals surface area contributed by atoms with Crippen molar-refractivity contribution in [1.29, 1.82) is 0 Å². The summed E-state index contributed by atoms with van der Waals surface area (Å²) in [6, 6.07) is 11.8. The molecule has 2 aromatic carbocycles. The van der Waals surface area contributed by atoms with Gasteiger partial charge in [-0.05, 0) is 57.4 Å². The van der Waals surface area contributed by atoms with Gasteiger partial charge >= 0.3 is 7.12 Å². The van der Waals surface area contributed by atoms with E-state index in [1.165, 1.54) is 12.1 Å². The van der Waals surface area contributed by atoms with E-state index in [4.69, 9.17) is 25.6 Å². The van der Waals surface area contributed by atoms with E-state index in [2.05, 4.69) is 0 Å². The minimum Gasteiger partial charge on any atom is -0.454 e. The molecule has 6 heteroatoms. The monoisotopic (exact) mass is 348 g/mol. The fraction of sp³-hybridized carbons (Fsp3) is 0.333. The van der Waals surface area contributed by atoms with Gasteiger partial charge in [-0.25, -0.2) is 4.39 Å². The van der Waals surface area contributed by atoms with Gasteiger partial charge in [-0.1, -0.05) is 29.8 Å². The van der Waals surface area contributed by atoms with Crippen LogP contribution in [0.1, 0.15) is 27.7 Å². The summed E-state index contributed by atoms with van der Waals surface area (Å²) in [5, 5.41) is 0.0290. The SMILES string of the molecule is CC1(C)OB(c2ccc(Oc3cccc(Cl)c3F)cc2)OC1(C)C. The van der Waals surface area contributed by atoms with Crippen molar-refractivity contribution in [3.63, 3.8) is 0 Å². The number of rotatable bonds is 3. The molecule has 1 saturated heterocycles. The van der Waals surface area contributed by atoms with Crippen molar-refractivity contribution in [2.75, 3.05) is 0 Å². The van der Waals surface area contributed by atoms with Gasteiger partial charge < -0.3 is 14.0 Å². The molecule has 1 fully saturated rings. The van der Waals surface area contributed by atoms with Crippen LogP contribution in [0.3, 0.4) is 0 Å². The summed E-state index contributed by atoms with van der Waals surface area (Å²) in [5.74, 6) is 0.0246. The third kappa shape index (κ3) is 3.16. The Morgan fingerprint density at radius 3 is 2.12 bits per heavy atom. The Balaban J connectivity index is 1.76. The van der Waals surface area contributed by atoms with Crippen LogP contribution < -0.4 is 10.2 Å². The molecule has 0 spiro atoms. The molecule has 0 atom stereocenters. The van der Waals surface area contributed by atoms with Crippen LogP contribution in [0.4, 0.5) is 4.39 Å². The van der Waals surface area contributed by atoms with Crippen molar-refractivity contribution in [2.45, 2.75) is 38.9 Å². The van der Waals surface area contributed by atoms with Crippen LogP contribution in [-0.4, -0.2) is 18.3 Å². The van der Waals surface area contributed by atoms with Crippen molar-refractivity contribution in [1.82, 2.24) is 0 Å². The first kappa shape index (κ1) is 17.3. The van der Waals surface area contributed by atoms with Crippen LogP contribution in [-0.2, 0) is 9.31 Å². The molecule has 0 amide bonds. The molecule has 0 saturated carbocycles. The van der Waals surface area contributed by atoms with Crippen LogP contribution in [0, 0.1) is 5.82 Å². The average Bonchev–Trinajstić information content (AvgIpc) is 2.73. The van der Waals surface area contributed by atoms with Gasteiger partial charge in [0.25, 0.3) is 0 Å². The van der Waals surface area contributed by atoms with Gasteiger partial charge in [0.1, 0.15) is 5.75 Å². The molecule has 0 aliphatic carbocycles. The van der Waals surface area contributed by atoms with E-state index in [1.54, 1.807) is 18.2 Å². The standard InChI is InChI=1S/C18H19BClFO3/c1-17(2)18(3,4)24-19(23-17)12-8-10-13(11-9-12)22-15-7-5-6-14(20)16(15)21/h5-11H,1-4H3. The highest BCUT2D eigenvalue weighted by molar-refractivity contribution is 6.62. The van der Waals surface area contributed by atoms with Crippen LogP contribution in [0.25, 0.3) is 0 Å². The summed E-state index contributed by atoms with van der Waals surface area (Å²) < 4.78 is 31.4. The summed E-state index contributed by atoms with van der Waals surface area (Å²) in [4.78, 5) is 0.